The molecule has 43 heavy (non-hydrogen) atoms. The molecule has 0 unspecified atom stereocenters. The van der Waals surface area contributed by atoms with Crippen LogP contribution in [0.15, 0.2) is 133 Å². The Bertz CT molecular complexity index is 1900. The number of benzene rings is 3. The van der Waals surface area contributed by atoms with Crippen molar-refractivity contribution in [3.8, 4) is 45.5 Å². The molecular weight excluding hydrogens is 545 g/mol. The molecule has 210 valence electrons. The molecule has 0 N–H and O–H groups in total. The van der Waals surface area contributed by atoms with Crippen LogP contribution < -0.4 is 4.74 Å². The fourth-order valence-corrected chi connectivity index (χ4v) is 6.18. The highest BCUT2D eigenvalue weighted by atomic mass is 32.1. The maximum atomic E-state index is 6.53. The first-order chi connectivity index (χ1) is 20.9. The number of rotatable bonds is 7. The smallest absolute Gasteiger partial charge is 0.181 e. The number of pyridine rings is 2. The Morgan fingerprint density at radius 1 is 0.698 bits per heavy atom. The molecule has 0 aliphatic heterocycles. The van der Waals surface area contributed by atoms with Crippen molar-refractivity contribution in [3.05, 3.63) is 155 Å². The van der Waals surface area contributed by atoms with Crippen LogP contribution in [0.5, 0.6) is 10.8 Å². The van der Waals surface area contributed by atoms with Crippen molar-refractivity contribution in [2.24, 2.45) is 0 Å². The largest absolute Gasteiger partial charge is 0.447 e. The summed E-state index contributed by atoms with van der Waals surface area (Å²) in [5, 5.41) is 2.87. The van der Waals surface area contributed by atoms with Gasteiger partial charge in [0.1, 0.15) is 11.2 Å². The standard InChI is InChI=1S/C39H32N2OS/c1-5-39(36-20-11-12-22-41-36,34-19-10-9-18-33(34)28-14-7-6-8-15-28)31-16-13-17-32(25-31)42-37-24-29(27-43-37)35-26-30(21-23-40-35)38(2,3)4/h1,6-27H,2-4H3/t39-/m0/s1. The predicted molar refractivity (Wildman–Crippen MR) is 178 cm³/mol. The molecule has 6 aromatic rings. The van der Waals surface area contributed by atoms with Crippen LogP contribution in [-0.4, -0.2) is 9.97 Å². The third-order valence-corrected chi connectivity index (χ3v) is 8.47. The normalized spacial score (nSPS) is 12.7. The maximum absolute atomic E-state index is 6.53. The van der Waals surface area contributed by atoms with E-state index in [2.05, 4.69) is 79.5 Å². The van der Waals surface area contributed by atoms with Gasteiger partial charge in [0.15, 0.2) is 5.06 Å². The fraction of sp³-hybridized carbons (Fsp3) is 0.128. The number of thiophene rings is 1. The minimum Gasteiger partial charge on any atom is -0.447 e. The summed E-state index contributed by atoms with van der Waals surface area (Å²) in [4.78, 5) is 9.42. The molecular formula is C39H32N2OS. The number of ether oxygens (including phenoxy) is 1. The number of hydrogen-bond donors (Lipinski definition) is 0. The number of aromatic nitrogens is 2. The van der Waals surface area contributed by atoms with Crippen LogP contribution in [0.3, 0.4) is 0 Å². The Hall–Kier alpha value is -4.98. The lowest BCUT2D eigenvalue weighted by molar-refractivity contribution is 0.495. The van der Waals surface area contributed by atoms with Crippen molar-refractivity contribution >= 4 is 11.3 Å². The average Bonchev–Trinajstić information content (AvgIpc) is 3.51. The monoisotopic (exact) mass is 576 g/mol. The van der Waals surface area contributed by atoms with E-state index < -0.39 is 5.41 Å². The van der Waals surface area contributed by atoms with Gasteiger partial charge in [0.05, 0.1) is 11.4 Å². The van der Waals surface area contributed by atoms with Gasteiger partial charge in [-0.05, 0) is 69.6 Å². The summed E-state index contributed by atoms with van der Waals surface area (Å²) in [5.41, 5.74) is 7.14. The first-order valence-electron chi connectivity index (χ1n) is 14.3. The molecule has 4 heteroatoms. The van der Waals surface area contributed by atoms with Crippen LogP contribution in [0.25, 0.3) is 22.4 Å². The van der Waals surface area contributed by atoms with Crippen LogP contribution >= 0.6 is 11.3 Å². The van der Waals surface area contributed by atoms with Crippen molar-refractivity contribution in [1.82, 2.24) is 9.97 Å². The molecule has 0 amide bonds. The van der Waals surface area contributed by atoms with Gasteiger partial charge in [-0.25, -0.2) is 0 Å². The van der Waals surface area contributed by atoms with Crippen LogP contribution in [0.4, 0.5) is 0 Å². The van der Waals surface area contributed by atoms with E-state index in [1.807, 2.05) is 79.0 Å². The highest BCUT2D eigenvalue weighted by Crippen LogP contribution is 2.44. The lowest BCUT2D eigenvalue weighted by Crippen LogP contribution is -2.29. The van der Waals surface area contributed by atoms with E-state index in [4.69, 9.17) is 16.1 Å². The Labute approximate surface area is 257 Å². The second kappa shape index (κ2) is 11.7. The molecule has 0 aliphatic carbocycles. The molecule has 0 bridgehead atoms. The minimum absolute atomic E-state index is 0.0454. The van der Waals surface area contributed by atoms with E-state index in [9.17, 15) is 0 Å². The maximum Gasteiger partial charge on any atom is 0.181 e. The Kier molecular flexibility index (Phi) is 7.67. The van der Waals surface area contributed by atoms with Gasteiger partial charge in [-0.2, -0.15) is 0 Å². The Morgan fingerprint density at radius 3 is 2.26 bits per heavy atom. The summed E-state index contributed by atoms with van der Waals surface area (Å²) in [5.74, 6) is 3.89. The van der Waals surface area contributed by atoms with Crippen molar-refractivity contribution in [2.75, 3.05) is 0 Å². The summed E-state index contributed by atoms with van der Waals surface area (Å²) in [6.07, 6.45) is 10.2. The third-order valence-electron chi connectivity index (χ3n) is 7.66. The quantitative estimate of drug-likeness (QED) is 0.177. The molecule has 6 rings (SSSR count). The van der Waals surface area contributed by atoms with E-state index in [0.29, 0.717) is 5.75 Å². The van der Waals surface area contributed by atoms with Crippen LogP contribution in [0.1, 0.15) is 43.2 Å². The summed E-state index contributed by atoms with van der Waals surface area (Å²) in [6.45, 7) is 6.63. The summed E-state index contributed by atoms with van der Waals surface area (Å²) < 4.78 is 6.45. The summed E-state index contributed by atoms with van der Waals surface area (Å²) in [7, 11) is 0. The average molecular weight is 577 g/mol. The highest BCUT2D eigenvalue weighted by molar-refractivity contribution is 7.12. The zero-order valence-corrected chi connectivity index (χ0v) is 25.3. The number of nitrogens with zero attached hydrogens (tertiary/aromatic N) is 2. The Balaban J connectivity index is 1.42. The van der Waals surface area contributed by atoms with Crippen molar-refractivity contribution < 1.29 is 4.74 Å². The van der Waals surface area contributed by atoms with E-state index >= 15 is 0 Å². The molecule has 0 saturated carbocycles. The van der Waals surface area contributed by atoms with E-state index in [1.54, 1.807) is 17.5 Å². The first kappa shape index (κ1) is 28.2. The molecule has 3 nitrogen and oxygen atoms in total. The fourth-order valence-electron chi connectivity index (χ4n) is 5.41. The van der Waals surface area contributed by atoms with E-state index in [0.717, 1.165) is 44.3 Å². The molecule has 0 fully saturated rings. The van der Waals surface area contributed by atoms with Crippen LogP contribution in [-0.2, 0) is 10.8 Å². The molecule has 1 atom stereocenters. The van der Waals surface area contributed by atoms with Crippen LogP contribution in [0, 0.1) is 12.3 Å². The van der Waals surface area contributed by atoms with E-state index in [1.165, 1.54) is 5.56 Å². The number of hydrogen-bond acceptors (Lipinski definition) is 4. The number of terminal acetylenes is 1. The lowest BCUT2D eigenvalue weighted by atomic mass is 9.70. The molecule has 0 aliphatic rings. The Morgan fingerprint density at radius 2 is 1.49 bits per heavy atom. The van der Waals surface area contributed by atoms with Gasteiger partial charge < -0.3 is 4.74 Å². The minimum atomic E-state index is -0.953. The zero-order chi connectivity index (χ0) is 29.9. The first-order valence-corrected chi connectivity index (χ1v) is 15.1. The van der Waals surface area contributed by atoms with Gasteiger partial charge in [0.25, 0.3) is 0 Å². The highest BCUT2D eigenvalue weighted by Gasteiger charge is 2.38. The van der Waals surface area contributed by atoms with Crippen molar-refractivity contribution in [2.45, 2.75) is 31.6 Å². The molecule has 0 radical (unpaired) electrons. The molecule has 3 aromatic carbocycles. The van der Waals surface area contributed by atoms with Gasteiger partial charge in [0.2, 0.25) is 0 Å². The molecule has 0 spiro atoms. The summed E-state index contributed by atoms with van der Waals surface area (Å²) >= 11 is 1.55. The SMILES string of the molecule is C#C[C@@](c1cccc(Oc2cc(-c3cc(C(C)(C)C)ccn3)cs2)c1)(c1ccccn1)c1ccccc1-c1ccccc1. The van der Waals surface area contributed by atoms with Crippen LogP contribution in [0.2, 0.25) is 0 Å². The van der Waals surface area contributed by atoms with Crippen molar-refractivity contribution in [3.63, 3.8) is 0 Å². The molecule has 0 saturated heterocycles. The predicted octanol–water partition coefficient (Wildman–Crippen LogP) is 9.93. The van der Waals surface area contributed by atoms with E-state index in [-0.39, 0.29) is 5.41 Å². The van der Waals surface area contributed by atoms with Crippen molar-refractivity contribution in [1.29, 1.82) is 0 Å². The van der Waals surface area contributed by atoms with Gasteiger partial charge >= 0.3 is 0 Å². The second-order valence-corrected chi connectivity index (χ2v) is 12.4. The topological polar surface area (TPSA) is 35.0 Å². The summed E-state index contributed by atoms with van der Waals surface area (Å²) in [6, 6.07) is 38.9. The lowest BCUT2D eigenvalue weighted by Gasteiger charge is -2.31. The van der Waals surface area contributed by atoms with Gasteiger partial charge in [-0.15, -0.1) is 17.8 Å². The van der Waals surface area contributed by atoms with Gasteiger partial charge in [-0.1, -0.05) is 99.5 Å². The zero-order valence-electron chi connectivity index (χ0n) is 24.5. The molecule has 3 heterocycles. The second-order valence-electron chi connectivity index (χ2n) is 11.5. The third kappa shape index (κ3) is 5.60. The van der Waals surface area contributed by atoms with Gasteiger partial charge in [0, 0.05) is 29.4 Å². The molecule has 3 aromatic heterocycles. The van der Waals surface area contributed by atoms with Gasteiger partial charge in [-0.3, -0.25) is 9.97 Å².